The molecule has 0 unspecified atom stereocenters. The van der Waals surface area contributed by atoms with Crippen LogP contribution in [0.3, 0.4) is 0 Å². The van der Waals surface area contributed by atoms with E-state index in [4.69, 9.17) is 14.2 Å². The van der Waals surface area contributed by atoms with Crippen LogP contribution < -0.4 is 19.5 Å². The van der Waals surface area contributed by atoms with E-state index in [9.17, 15) is 4.79 Å². The van der Waals surface area contributed by atoms with Crippen LogP contribution in [-0.4, -0.2) is 18.7 Å². The maximum atomic E-state index is 12.2. The van der Waals surface area contributed by atoms with E-state index < -0.39 is 0 Å². The molecule has 2 aromatic rings. The summed E-state index contributed by atoms with van der Waals surface area (Å²) in [6.45, 7) is 0.676. The summed E-state index contributed by atoms with van der Waals surface area (Å²) in [5, 5.41) is 5.08. The zero-order valence-corrected chi connectivity index (χ0v) is 14.1. The first kappa shape index (κ1) is 15.3. The fourth-order valence-corrected chi connectivity index (χ4v) is 3.83. The predicted octanol–water partition coefficient (Wildman–Crippen LogP) is 3.73. The van der Waals surface area contributed by atoms with Gasteiger partial charge in [-0.3, -0.25) is 4.79 Å². The minimum atomic E-state index is 0.0289. The van der Waals surface area contributed by atoms with Gasteiger partial charge in [0, 0.05) is 17.7 Å². The molecule has 5 nitrogen and oxygen atoms in total. The summed E-state index contributed by atoms with van der Waals surface area (Å²) in [7, 11) is 0. The van der Waals surface area contributed by atoms with Crippen LogP contribution in [0.15, 0.2) is 29.6 Å². The number of fused-ring (bicyclic) bond motifs is 1. The topological polar surface area (TPSA) is 56.8 Å². The van der Waals surface area contributed by atoms with Crippen molar-refractivity contribution >= 4 is 17.2 Å². The average Bonchev–Trinajstić information content (AvgIpc) is 3.33. The SMILES string of the molecule is O=C(NC1CCCC1)c1cc(COc2ccc3c(c2)OCO3)cs1. The van der Waals surface area contributed by atoms with Crippen LogP contribution in [0.2, 0.25) is 0 Å². The predicted molar refractivity (Wildman–Crippen MR) is 90.9 cm³/mol. The summed E-state index contributed by atoms with van der Waals surface area (Å²) < 4.78 is 16.4. The van der Waals surface area contributed by atoms with Crippen LogP contribution in [0, 0.1) is 0 Å². The fourth-order valence-electron chi connectivity index (χ4n) is 3.03. The zero-order chi connectivity index (χ0) is 16.4. The Kier molecular flexibility index (Phi) is 4.30. The molecule has 1 saturated carbocycles. The molecule has 1 aromatic heterocycles. The summed E-state index contributed by atoms with van der Waals surface area (Å²) in [5.41, 5.74) is 0.995. The monoisotopic (exact) mass is 345 g/mol. The maximum Gasteiger partial charge on any atom is 0.261 e. The van der Waals surface area contributed by atoms with Crippen LogP contribution in [0.1, 0.15) is 40.9 Å². The highest BCUT2D eigenvalue weighted by atomic mass is 32.1. The molecule has 24 heavy (non-hydrogen) atoms. The summed E-state index contributed by atoms with van der Waals surface area (Å²) >= 11 is 1.46. The van der Waals surface area contributed by atoms with Crippen LogP contribution in [0.4, 0.5) is 0 Å². The summed E-state index contributed by atoms with van der Waals surface area (Å²) in [6, 6.07) is 7.76. The quantitative estimate of drug-likeness (QED) is 0.897. The second-order valence-corrected chi connectivity index (χ2v) is 6.99. The molecule has 0 radical (unpaired) electrons. The van der Waals surface area contributed by atoms with Crippen molar-refractivity contribution in [1.82, 2.24) is 5.32 Å². The van der Waals surface area contributed by atoms with Gasteiger partial charge in [0.2, 0.25) is 6.79 Å². The molecule has 1 aliphatic carbocycles. The highest BCUT2D eigenvalue weighted by molar-refractivity contribution is 7.12. The average molecular weight is 345 g/mol. The molecule has 0 spiro atoms. The standard InChI is InChI=1S/C18H19NO4S/c20-18(19-13-3-1-2-4-13)17-7-12(10-24-17)9-21-14-5-6-15-16(8-14)23-11-22-15/h5-8,10,13H,1-4,9,11H2,(H,19,20). The van der Waals surface area contributed by atoms with Crippen molar-refractivity contribution in [3.8, 4) is 17.2 Å². The lowest BCUT2D eigenvalue weighted by atomic mass is 10.2. The van der Waals surface area contributed by atoms with Gasteiger partial charge in [0.15, 0.2) is 11.5 Å². The van der Waals surface area contributed by atoms with E-state index in [1.54, 1.807) is 0 Å². The molecular weight excluding hydrogens is 326 g/mol. The fraction of sp³-hybridized carbons (Fsp3) is 0.389. The third kappa shape index (κ3) is 3.33. The second-order valence-electron chi connectivity index (χ2n) is 6.08. The Bertz CT molecular complexity index is 736. The number of hydrogen-bond donors (Lipinski definition) is 1. The Morgan fingerprint density at radius 2 is 2.04 bits per heavy atom. The van der Waals surface area contributed by atoms with Gasteiger partial charge in [-0.15, -0.1) is 11.3 Å². The van der Waals surface area contributed by atoms with E-state index in [2.05, 4.69) is 5.32 Å². The molecule has 1 aliphatic heterocycles. The first-order valence-electron chi connectivity index (χ1n) is 8.19. The van der Waals surface area contributed by atoms with Gasteiger partial charge < -0.3 is 19.5 Å². The van der Waals surface area contributed by atoms with Gasteiger partial charge in [-0.1, -0.05) is 12.8 Å². The van der Waals surface area contributed by atoms with Gasteiger partial charge in [-0.25, -0.2) is 0 Å². The smallest absolute Gasteiger partial charge is 0.261 e. The molecule has 2 aliphatic rings. The Balaban J connectivity index is 1.34. The van der Waals surface area contributed by atoms with Crippen molar-refractivity contribution in [3.63, 3.8) is 0 Å². The highest BCUT2D eigenvalue weighted by Crippen LogP contribution is 2.35. The molecular formula is C18H19NO4S. The van der Waals surface area contributed by atoms with Gasteiger partial charge in [0.1, 0.15) is 12.4 Å². The summed E-state index contributed by atoms with van der Waals surface area (Å²) in [6.07, 6.45) is 4.61. The Morgan fingerprint density at radius 1 is 1.21 bits per heavy atom. The van der Waals surface area contributed by atoms with Crippen molar-refractivity contribution in [2.24, 2.45) is 0 Å². The minimum Gasteiger partial charge on any atom is -0.489 e. The van der Waals surface area contributed by atoms with E-state index in [1.807, 2.05) is 29.6 Å². The highest BCUT2D eigenvalue weighted by Gasteiger charge is 2.19. The van der Waals surface area contributed by atoms with E-state index in [0.717, 1.165) is 34.8 Å². The third-order valence-corrected chi connectivity index (χ3v) is 5.30. The molecule has 0 atom stereocenters. The Labute approximate surface area is 144 Å². The molecule has 1 amide bonds. The number of ether oxygens (including phenoxy) is 3. The van der Waals surface area contributed by atoms with E-state index >= 15 is 0 Å². The molecule has 2 heterocycles. The van der Waals surface area contributed by atoms with Crippen LogP contribution in [0.5, 0.6) is 17.2 Å². The number of benzene rings is 1. The molecule has 6 heteroatoms. The number of amides is 1. The van der Waals surface area contributed by atoms with Crippen LogP contribution in [-0.2, 0) is 6.61 Å². The lowest BCUT2D eigenvalue weighted by molar-refractivity contribution is 0.0942. The Morgan fingerprint density at radius 3 is 2.92 bits per heavy atom. The van der Waals surface area contributed by atoms with Gasteiger partial charge in [0.05, 0.1) is 4.88 Å². The number of rotatable bonds is 5. The third-order valence-electron chi connectivity index (χ3n) is 4.32. The van der Waals surface area contributed by atoms with Gasteiger partial charge in [0.25, 0.3) is 5.91 Å². The van der Waals surface area contributed by atoms with Crippen molar-refractivity contribution in [3.05, 3.63) is 40.1 Å². The van der Waals surface area contributed by atoms with Crippen LogP contribution >= 0.6 is 11.3 Å². The van der Waals surface area contributed by atoms with Crippen LogP contribution in [0.25, 0.3) is 0 Å². The molecule has 126 valence electrons. The first-order valence-corrected chi connectivity index (χ1v) is 9.06. The van der Waals surface area contributed by atoms with E-state index in [-0.39, 0.29) is 12.7 Å². The van der Waals surface area contributed by atoms with Gasteiger partial charge >= 0.3 is 0 Å². The maximum absolute atomic E-state index is 12.2. The van der Waals surface area contributed by atoms with Crippen molar-refractivity contribution in [1.29, 1.82) is 0 Å². The number of hydrogen-bond acceptors (Lipinski definition) is 5. The zero-order valence-electron chi connectivity index (χ0n) is 13.2. The lowest BCUT2D eigenvalue weighted by Gasteiger charge is -2.10. The summed E-state index contributed by atoms with van der Waals surface area (Å²) in [4.78, 5) is 13.0. The molecule has 1 aromatic carbocycles. The van der Waals surface area contributed by atoms with Crippen molar-refractivity contribution < 1.29 is 19.0 Å². The second kappa shape index (κ2) is 6.73. The number of carbonyl (C=O) groups is 1. The van der Waals surface area contributed by atoms with E-state index in [1.165, 1.54) is 24.2 Å². The van der Waals surface area contributed by atoms with Gasteiger partial charge in [-0.05, 0) is 36.4 Å². The van der Waals surface area contributed by atoms with E-state index in [0.29, 0.717) is 18.4 Å². The minimum absolute atomic E-state index is 0.0289. The largest absolute Gasteiger partial charge is 0.489 e. The van der Waals surface area contributed by atoms with Crippen molar-refractivity contribution in [2.75, 3.05) is 6.79 Å². The molecule has 0 saturated heterocycles. The van der Waals surface area contributed by atoms with Gasteiger partial charge in [-0.2, -0.15) is 0 Å². The number of carbonyl (C=O) groups excluding carboxylic acids is 1. The summed E-state index contributed by atoms with van der Waals surface area (Å²) in [5.74, 6) is 2.20. The number of thiophene rings is 1. The Hall–Kier alpha value is -2.21. The molecule has 0 bridgehead atoms. The molecule has 1 fully saturated rings. The lowest BCUT2D eigenvalue weighted by Crippen LogP contribution is -2.31. The number of nitrogens with one attached hydrogen (secondary N) is 1. The van der Waals surface area contributed by atoms with Crippen molar-refractivity contribution in [2.45, 2.75) is 38.3 Å². The first-order chi connectivity index (χ1) is 11.8. The normalized spacial score (nSPS) is 16.3. The molecule has 1 N–H and O–H groups in total. The molecule has 4 rings (SSSR count).